The molecule has 19 heavy (non-hydrogen) atoms. The maximum absolute atomic E-state index is 10.9. The fraction of sp³-hybridized carbons (Fsp3) is 0.786. The highest BCUT2D eigenvalue weighted by atomic mass is 16.5. The van der Waals surface area contributed by atoms with Crippen molar-refractivity contribution in [3.8, 4) is 0 Å². The molecule has 0 aromatic rings. The number of hydrogen-bond donors (Lipinski definition) is 1. The van der Waals surface area contributed by atoms with Gasteiger partial charge in [-0.1, -0.05) is 6.58 Å². The number of carbonyl (C=O) groups excluding carboxylic acids is 1. The summed E-state index contributed by atoms with van der Waals surface area (Å²) >= 11 is 0. The van der Waals surface area contributed by atoms with Crippen LogP contribution in [0.3, 0.4) is 0 Å². The first-order valence-electron chi connectivity index (χ1n) is 7.04. The van der Waals surface area contributed by atoms with Gasteiger partial charge in [-0.05, 0) is 25.8 Å². The van der Waals surface area contributed by atoms with E-state index < -0.39 is 0 Å². The molecule has 0 bridgehead atoms. The largest absolute Gasteiger partial charge is 0.379 e. The van der Waals surface area contributed by atoms with Crippen molar-refractivity contribution >= 4 is 5.91 Å². The average molecular weight is 270 g/mol. The fourth-order valence-electron chi connectivity index (χ4n) is 2.00. The molecule has 110 valence electrons. The topological polar surface area (TPSA) is 50.8 Å². The summed E-state index contributed by atoms with van der Waals surface area (Å²) in [4.78, 5) is 13.3. The van der Waals surface area contributed by atoms with E-state index >= 15 is 0 Å². The zero-order chi connectivity index (χ0) is 13.9. The van der Waals surface area contributed by atoms with Gasteiger partial charge in [-0.15, -0.1) is 0 Å². The van der Waals surface area contributed by atoms with Crippen LogP contribution in [0.25, 0.3) is 0 Å². The van der Waals surface area contributed by atoms with Crippen LogP contribution in [0.1, 0.15) is 19.8 Å². The Bertz CT molecular complexity index is 265. The summed E-state index contributed by atoms with van der Waals surface area (Å²) in [6.45, 7) is 11.6. The summed E-state index contributed by atoms with van der Waals surface area (Å²) in [5.41, 5.74) is 0. The quantitative estimate of drug-likeness (QED) is 0.497. The van der Waals surface area contributed by atoms with Crippen LogP contribution < -0.4 is 5.32 Å². The smallest absolute Gasteiger partial charge is 0.243 e. The van der Waals surface area contributed by atoms with Gasteiger partial charge >= 0.3 is 0 Å². The molecule has 0 aromatic carbocycles. The molecule has 0 saturated carbocycles. The predicted octanol–water partition coefficient (Wildman–Crippen LogP) is 0.806. The number of unbranched alkanes of at least 4 members (excludes halogenated alkanes) is 1. The number of hydrogen-bond acceptors (Lipinski definition) is 4. The van der Waals surface area contributed by atoms with Gasteiger partial charge in [0.2, 0.25) is 5.91 Å². The molecule has 1 aliphatic rings. The van der Waals surface area contributed by atoms with E-state index in [1.165, 1.54) is 6.08 Å². The Balaban J connectivity index is 1.93. The number of nitrogens with zero attached hydrogens (tertiary/aromatic N) is 1. The van der Waals surface area contributed by atoms with E-state index in [-0.39, 0.29) is 12.0 Å². The molecule has 1 unspecified atom stereocenters. The lowest BCUT2D eigenvalue weighted by Gasteiger charge is -2.29. The molecule has 1 aliphatic heterocycles. The Labute approximate surface area is 115 Å². The van der Waals surface area contributed by atoms with E-state index in [0.717, 1.165) is 52.3 Å². The molecule has 1 amide bonds. The van der Waals surface area contributed by atoms with Crippen LogP contribution in [-0.4, -0.2) is 62.9 Å². The molecule has 5 heteroatoms. The van der Waals surface area contributed by atoms with E-state index in [9.17, 15) is 4.79 Å². The minimum Gasteiger partial charge on any atom is -0.379 e. The SMILES string of the molecule is C=CC(=O)NCCCCOC(C)CN1CCOCC1. The van der Waals surface area contributed by atoms with Crippen LogP contribution in [0, 0.1) is 0 Å². The summed E-state index contributed by atoms with van der Waals surface area (Å²) < 4.78 is 11.1. The van der Waals surface area contributed by atoms with Crippen molar-refractivity contribution in [2.45, 2.75) is 25.9 Å². The molecule has 1 rings (SSSR count). The van der Waals surface area contributed by atoms with Gasteiger partial charge < -0.3 is 14.8 Å². The minimum atomic E-state index is -0.110. The number of amides is 1. The molecular weight excluding hydrogens is 244 g/mol. The van der Waals surface area contributed by atoms with Crippen molar-refractivity contribution in [2.24, 2.45) is 0 Å². The first-order chi connectivity index (χ1) is 9.22. The van der Waals surface area contributed by atoms with Crippen molar-refractivity contribution in [1.29, 1.82) is 0 Å². The zero-order valence-electron chi connectivity index (χ0n) is 11.9. The van der Waals surface area contributed by atoms with Crippen molar-refractivity contribution < 1.29 is 14.3 Å². The van der Waals surface area contributed by atoms with Crippen molar-refractivity contribution in [3.05, 3.63) is 12.7 Å². The Morgan fingerprint density at radius 2 is 2.21 bits per heavy atom. The van der Waals surface area contributed by atoms with E-state index in [4.69, 9.17) is 9.47 Å². The van der Waals surface area contributed by atoms with E-state index in [1.54, 1.807) is 0 Å². The maximum atomic E-state index is 10.9. The normalized spacial score (nSPS) is 17.9. The van der Waals surface area contributed by atoms with Crippen LogP contribution in [0.5, 0.6) is 0 Å². The molecule has 0 aliphatic carbocycles. The van der Waals surface area contributed by atoms with Gasteiger partial charge in [0, 0.05) is 32.8 Å². The summed E-state index contributed by atoms with van der Waals surface area (Å²) in [6, 6.07) is 0. The number of ether oxygens (including phenoxy) is 2. The molecule has 0 radical (unpaired) electrons. The summed E-state index contributed by atoms with van der Waals surface area (Å²) in [7, 11) is 0. The lowest BCUT2D eigenvalue weighted by molar-refractivity contribution is -0.116. The van der Waals surface area contributed by atoms with Crippen LogP contribution in [0.15, 0.2) is 12.7 Å². The number of morpholine rings is 1. The Hall–Kier alpha value is -0.910. The van der Waals surface area contributed by atoms with Crippen LogP contribution in [0.2, 0.25) is 0 Å². The highest BCUT2D eigenvalue weighted by Crippen LogP contribution is 2.02. The lowest BCUT2D eigenvalue weighted by atomic mass is 10.3. The van der Waals surface area contributed by atoms with Gasteiger partial charge in [-0.2, -0.15) is 0 Å². The Morgan fingerprint density at radius 1 is 1.47 bits per heavy atom. The molecule has 0 aromatic heterocycles. The monoisotopic (exact) mass is 270 g/mol. The lowest BCUT2D eigenvalue weighted by Crippen LogP contribution is -2.40. The third-order valence-corrected chi connectivity index (χ3v) is 3.08. The van der Waals surface area contributed by atoms with Gasteiger partial charge in [-0.25, -0.2) is 0 Å². The second kappa shape index (κ2) is 9.95. The van der Waals surface area contributed by atoms with Crippen molar-refractivity contribution in [2.75, 3.05) is 46.0 Å². The highest BCUT2D eigenvalue weighted by molar-refractivity contribution is 5.86. The first kappa shape index (κ1) is 16.1. The number of carbonyl (C=O) groups is 1. The predicted molar refractivity (Wildman–Crippen MR) is 75.1 cm³/mol. The van der Waals surface area contributed by atoms with Gasteiger partial charge in [0.15, 0.2) is 0 Å². The van der Waals surface area contributed by atoms with Crippen LogP contribution in [-0.2, 0) is 14.3 Å². The average Bonchev–Trinajstić information content (AvgIpc) is 2.43. The Kier molecular flexibility index (Phi) is 8.45. The van der Waals surface area contributed by atoms with E-state index in [1.807, 2.05) is 0 Å². The van der Waals surface area contributed by atoms with Gasteiger partial charge in [0.1, 0.15) is 0 Å². The van der Waals surface area contributed by atoms with Crippen LogP contribution >= 0.6 is 0 Å². The second-order valence-electron chi connectivity index (χ2n) is 4.80. The summed E-state index contributed by atoms with van der Waals surface area (Å²) in [5.74, 6) is -0.110. The van der Waals surface area contributed by atoms with Crippen LogP contribution in [0.4, 0.5) is 0 Å². The molecule has 1 N–H and O–H groups in total. The molecule has 1 atom stereocenters. The van der Waals surface area contributed by atoms with Gasteiger partial charge in [-0.3, -0.25) is 9.69 Å². The van der Waals surface area contributed by atoms with Gasteiger partial charge in [0.25, 0.3) is 0 Å². The number of nitrogens with one attached hydrogen (secondary N) is 1. The van der Waals surface area contributed by atoms with Crippen molar-refractivity contribution in [1.82, 2.24) is 10.2 Å². The highest BCUT2D eigenvalue weighted by Gasteiger charge is 2.13. The maximum Gasteiger partial charge on any atom is 0.243 e. The summed E-state index contributed by atoms with van der Waals surface area (Å²) in [6.07, 6.45) is 3.44. The van der Waals surface area contributed by atoms with E-state index in [2.05, 4.69) is 23.7 Å². The standard InChI is InChI=1S/C14H26N2O3/c1-3-14(17)15-6-4-5-9-19-13(2)12-16-7-10-18-11-8-16/h3,13H,1,4-12H2,2H3,(H,15,17). The summed E-state index contributed by atoms with van der Waals surface area (Å²) in [5, 5.41) is 2.75. The van der Waals surface area contributed by atoms with Crippen molar-refractivity contribution in [3.63, 3.8) is 0 Å². The third kappa shape index (κ3) is 7.97. The molecule has 1 fully saturated rings. The molecular formula is C14H26N2O3. The third-order valence-electron chi connectivity index (χ3n) is 3.08. The Morgan fingerprint density at radius 3 is 2.89 bits per heavy atom. The number of rotatable bonds is 9. The molecule has 1 saturated heterocycles. The first-order valence-corrected chi connectivity index (χ1v) is 7.04. The molecule has 0 spiro atoms. The second-order valence-corrected chi connectivity index (χ2v) is 4.80. The molecule has 1 heterocycles. The zero-order valence-corrected chi connectivity index (χ0v) is 11.9. The minimum absolute atomic E-state index is 0.110. The van der Waals surface area contributed by atoms with Gasteiger partial charge in [0.05, 0.1) is 19.3 Å². The van der Waals surface area contributed by atoms with E-state index in [0.29, 0.717) is 6.54 Å². The fourth-order valence-corrected chi connectivity index (χ4v) is 2.00. The molecule has 5 nitrogen and oxygen atoms in total.